The van der Waals surface area contributed by atoms with Crippen LogP contribution in [0.5, 0.6) is 0 Å². The third kappa shape index (κ3) is 24.9. The summed E-state index contributed by atoms with van der Waals surface area (Å²) >= 11 is 0. The van der Waals surface area contributed by atoms with Gasteiger partial charge in [-0.15, -0.1) is 0 Å². The molecule has 6 nitrogen and oxygen atoms in total. The second-order valence-corrected chi connectivity index (χ2v) is 5.84. The SMILES string of the molecule is CCCCCCCCOCCCN(CCC(=O)[O-])CCC(=O)O.[Na+].[Na+]. The quantitative estimate of drug-likeness (QED) is 0.204. The summed E-state index contributed by atoms with van der Waals surface area (Å²) in [5.41, 5.74) is 0. The number of unbranched alkanes of at least 4 members (excludes halogenated alkanes) is 5. The normalized spacial score (nSPS) is 10.2. The molecule has 0 aliphatic rings. The van der Waals surface area contributed by atoms with Crippen LogP contribution in [0.2, 0.25) is 0 Å². The van der Waals surface area contributed by atoms with Crippen LogP contribution in [0, 0.1) is 0 Å². The first-order chi connectivity index (χ1) is 11.1. The molecule has 0 fully saturated rings. The minimum absolute atomic E-state index is 0. The van der Waals surface area contributed by atoms with Crippen molar-refractivity contribution in [1.29, 1.82) is 0 Å². The first kappa shape index (κ1) is 30.6. The van der Waals surface area contributed by atoms with E-state index in [0.717, 1.165) is 19.4 Å². The molecule has 0 saturated carbocycles. The molecule has 0 saturated heterocycles. The Morgan fingerprint density at radius 2 is 1.44 bits per heavy atom. The first-order valence-corrected chi connectivity index (χ1v) is 8.78. The molecule has 0 spiro atoms. The Labute approximate surface area is 196 Å². The molecule has 136 valence electrons. The second kappa shape index (κ2) is 22.9. The molecular formula is C17H32NNa2O5+. The average Bonchev–Trinajstić information content (AvgIpc) is 2.50. The molecule has 0 unspecified atom stereocenters. The van der Waals surface area contributed by atoms with Gasteiger partial charge in [0.1, 0.15) is 0 Å². The van der Waals surface area contributed by atoms with Gasteiger partial charge < -0.3 is 24.6 Å². The molecule has 0 rings (SSSR count). The Morgan fingerprint density at radius 1 is 0.880 bits per heavy atom. The van der Waals surface area contributed by atoms with E-state index < -0.39 is 11.9 Å². The van der Waals surface area contributed by atoms with E-state index in [-0.39, 0.29) is 72.0 Å². The van der Waals surface area contributed by atoms with Gasteiger partial charge in [-0.1, -0.05) is 39.0 Å². The van der Waals surface area contributed by atoms with Crippen molar-refractivity contribution in [2.24, 2.45) is 0 Å². The van der Waals surface area contributed by atoms with E-state index in [9.17, 15) is 14.7 Å². The summed E-state index contributed by atoms with van der Waals surface area (Å²) in [4.78, 5) is 23.0. The molecule has 1 N–H and O–H groups in total. The number of hydrogen-bond donors (Lipinski definition) is 1. The van der Waals surface area contributed by atoms with E-state index in [4.69, 9.17) is 9.84 Å². The van der Waals surface area contributed by atoms with Crippen molar-refractivity contribution in [2.75, 3.05) is 32.8 Å². The predicted molar refractivity (Wildman–Crippen MR) is 87.1 cm³/mol. The minimum Gasteiger partial charge on any atom is -0.550 e. The maximum Gasteiger partial charge on any atom is 1.00 e. The number of carbonyl (C=O) groups excluding carboxylic acids is 1. The molecule has 0 bridgehead atoms. The first-order valence-electron chi connectivity index (χ1n) is 8.78. The molecule has 0 aliphatic carbocycles. The number of hydrogen-bond acceptors (Lipinski definition) is 5. The number of nitrogens with zero attached hydrogens (tertiary/aromatic N) is 1. The molecule has 0 aliphatic heterocycles. The van der Waals surface area contributed by atoms with E-state index >= 15 is 0 Å². The van der Waals surface area contributed by atoms with Crippen molar-refractivity contribution in [3.05, 3.63) is 0 Å². The fourth-order valence-corrected chi connectivity index (χ4v) is 2.32. The smallest absolute Gasteiger partial charge is 0.550 e. The Hall–Kier alpha value is 0.860. The third-order valence-electron chi connectivity index (χ3n) is 3.68. The Morgan fingerprint density at radius 3 is 2.04 bits per heavy atom. The Bertz CT molecular complexity index is 301. The fraction of sp³-hybridized carbons (Fsp3) is 0.882. The monoisotopic (exact) mass is 376 g/mol. The van der Waals surface area contributed by atoms with Gasteiger partial charge in [-0.25, -0.2) is 0 Å². The summed E-state index contributed by atoms with van der Waals surface area (Å²) in [7, 11) is 0. The summed E-state index contributed by atoms with van der Waals surface area (Å²) in [6, 6.07) is 0. The zero-order chi connectivity index (χ0) is 17.3. The molecule has 0 radical (unpaired) electrons. The van der Waals surface area contributed by atoms with Crippen molar-refractivity contribution in [3.63, 3.8) is 0 Å². The van der Waals surface area contributed by atoms with Gasteiger partial charge in [0.2, 0.25) is 0 Å². The summed E-state index contributed by atoms with van der Waals surface area (Å²) in [5.74, 6) is -1.98. The van der Waals surface area contributed by atoms with Crippen LogP contribution in [0.15, 0.2) is 0 Å². The number of rotatable bonds is 17. The van der Waals surface area contributed by atoms with Crippen LogP contribution in [0.1, 0.15) is 64.7 Å². The maximum atomic E-state index is 10.6. The summed E-state index contributed by atoms with van der Waals surface area (Å²) in [5, 5.41) is 19.2. The van der Waals surface area contributed by atoms with Crippen molar-refractivity contribution >= 4 is 11.9 Å². The van der Waals surface area contributed by atoms with Crippen LogP contribution in [-0.2, 0) is 14.3 Å². The molecule has 0 atom stereocenters. The van der Waals surface area contributed by atoms with Crippen molar-refractivity contribution in [3.8, 4) is 0 Å². The second-order valence-electron chi connectivity index (χ2n) is 5.84. The molecule has 0 aromatic heterocycles. The van der Waals surface area contributed by atoms with Gasteiger partial charge >= 0.3 is 65.1 Å². The van der Waals surface area contributed by atoms with Crippen LogP contribution < -0.4 is 64.2 Å². The number of carboxylic acid groups (broad SMARTS) is 2. The fourth-order valence-electron chi connectivity index (χ4n) is 2.32. The van der Waals surface area contributed by atoms with E-state index in [1.807, 2.05) is 4.90 Å². The number of ether oxygens (including phenoxy) is 1. The topological polar surface area (TPSA) is 89.9 Å². The molecular weight excluding hydrogens is 344 g/mol. The largest absolute Gasteiger partial charge is 1.00 e. The number of aliphatic carboxylic acids is 2. The van der Waals surface area contributed by atoms with Crippen LogP contribution in [-0.4, -0.2) is 54.8 Å². The Balaban J connectivity index is -0.00000242. The van der Waals surface area contributed by atoms with Crippen molar-refractivity contribution < 1.29 is 83.7 Å². The van der Waals surface area contributed by atoms with Gasteiger partial charge in [0, 0.05) is 38.8 Å². The predicted octanol–water partition coefficient (Wildman–Crippen LogP) is -4.32. The summed E-state index contributed by atoms with van der Waals surface area (Å²) in [6.45, 7) is 4.93. The Kier molecular flexibility index (Phi) is 28.0. The van der Waals surface area contributed by atoms with Crippen molar-refractivity contribution in [2.45, 2.75) is 64.7 Å². The summed E-state index contributed by atoms with van der Waals surface area (Å²) in [6.07, 6.45) is 8.14. The molecule has 8 heteroatoms. The van der Waals surface area contributed by atoms with Gasteiger partial charge in [0.25, 0.3) is 0 Å². The molecule has 0 amide bonds. The van der Waals surface area contributed by atoms with E-state index in [1.165, 1.54) is 32.1 Å². The van der Waals surface area contributed by atoms with E-state index in [0.29, 0.717) is 26.2 Å². The van der Waals surface area contributed by atoms with Crippen LogP contribution in [0.3, 0.4) is 0 Å². The third-order valence-corrected chi connectivity index (χ3v) is 3.68. The van der Waals surface area contributed by atoms with Gasteiger partial charge in [0.15, 0.2) is 0 Å². The van der Waals surface area contributed by atoms with Crippen LogP contribution in [0.25, 0.3) is 0 Å². The van der Waals surface area contributed by atoms with Crippen molar-refractivity contribution in [1.82, 2.24) is 4.90 Å². The molecule has 0 aromatic rings. The van der Waals surface area contributed by atoms with Crippen LogP contribution >= 0.6 is 0 Å². The van der Waals surface area contributed by atoms with Gasteiger partial charge in [-0.05, 0) is 19.3 Å². The van der Waals surface area contributed by atoms with Gasteiger partial charge in [-0.2, -0.15) is 0 Å². The van der Waals surface area contributed by atoms with Gasteiger partial charge in [0.05, 0.1) is 6.42 Å². The van der Waals surface area contributed by atoms with E-state index in [1.54, 1.807) is 0 Å². The molecule has 0 aromatic carbocycles. The van der Waals surface area contributed by atoms with Gasteiger partial charge in [-0.3, -0.25) is 4.79 Å². The number of carbonyl (C=O) groups is 2. The zero-order valence-corrected chi connectivity index (χ0v) is 20.4. The standard InChI is InChI=1S/C17H33NO5.2Na/c1-2-3-4-5-6-7-14-23-15-8-11-18(12-9-16(19)20)13-10-17(21)22;;/h2-15H2,1H3,(H,19,20)(H,21,22);;/q;2*+1/p-1. The molecule has 25 heavy (non-hydrogen) atoms. The van der Waals surface area contributed by atoms with Crippen LogP contribution in [0.4, 0.5) is 0 Å². The summed E-state index contributed by atoms with van der Waals surface area (Å²) < 4.78 is 5.57. The number of carboxylic acids is 2. The maximum absolute atomic E-state index is 10.6. The zero-order valence-electron chi connectivity index (χ0n) is 16.4. The minimum atomic E-state index is -1.11. The average molecular weight is 376 g/mol. The molecule has 0 heterocycles. The van der Waals surface area contributed by atoms with E-state index in [2.05, 4.69) is 6.92 Å².